The molecule has 0 bridgehead atoms. The summed E-state index contributed by atoms with van der Waals surface area (Å²) in [7, 11) is 1.73. The van der Waals surface area contributed by atoms with Crippen LogP contribution in [-0.4, -0.2) is 58.3 Å². The van der Waals surface area contributed by atoms with Gasteiger partial charge < -0.3 is 19.4 Å². The van der Waals surface area contributed by atoms with E-state index in [1.807, 2.05) is 32.0 Å². The first-order valence-corrected chi connectivity index (χ1v) is 8.92. The molecular formula is C19H26N4O3. The van der Waals surface area contributed by atoms with Crippen molar-refractivity contribution in [3.63, 3.8) is 0 Å². The third-order valence-electron chi connectivity index (χ3n) is 5.00. The molecule has 0 spiro atoms. The number of amides is 1. The molecule has 0 aliphatic carbocycles. The van der Waals surface area contributed by atoms with Gasteiger partial charge in [0.05, 0.1) is 24.3 Å². The maximum atomic E-state index is 12.6. The molecule has 7 heteroatoms. The van der Waals surface area contributed by atoms with Crippen LogP contribution >= 0.6 is 0 Å². The van der Waals surface area contributed by atoms with E-state index in [-0.39, 0.29) is 12.3 Å². The molecular weight excluding hydrogens is 332 g/mol. The highest BCUT2D eigenvalue weighted by Gasteiger charge is 2.36. The van der Waals surface area contributed by atoms with Crippen molar-refractivity contribution >= 4 is 11.7 Å². The van der Waals surface area contributed by atoms with Gasteiger partial charge in [-0.25, -0.2) is 4.98 Å². The lowest BCUT2D eigenvalue weighted by molar-refractivity contribution is -0.132. The maximum absolute atomic E-state index is 12.6. The number of pyridine rings is 1. The first-order chi connectivity index (χ1) is 12.4. The number of nitrogens with zero attached hydrogens (tertiary/aromatic N) is 4. The minimum Gasteiger partial charge on any atom is -0.386 e. The van der Waals surface area contributed by atoms with E-state index >= 15 is 0 Å². The van der Waals surface area contributed by atoms with Crippen LogP contribution in [0.3, 0.4) is 0 Å². The number of aromatic nitrogens is 2. The number of aliphatic hydroxyl groups is 1. The van der Waals surface area contributed by atoms with E-state index in [0.717, 1.165) is 30.0 Å². The van der Waals surface area contributed by atoms with Crippen LogP contribution < -0.4 is 4.90 Å². The molecule has 0 saturated carbocycles. The van der Waals surface area contributed by atoms with Gasteiger partial charge in [-0.1, -0.05) is 11.2 Å². The number of aryl methyl sites for hydroxylation is 2. The lowest BCUT2D eigenvalue weighted by Crippen LogP contribution is -2.55. The van der Waals surface area contributed by atoms with Crippen molar-refractivity contribution in [3.05, 3.63) is 41.4 Å². The summed E-state index contributed by atoms with van der Waals surface area (Å²) in [5.74, 6) is 1.47. The van der Waals surface area contributed by atoms with E-state index in [1.165, 1.54) is 0 Å². The second kappa shape index (κ2) is 7.45. The summed E-state index contributed by atoms with van der Waals surface area (Å²) in [5, 5.41) is 15.0. The Morgan fingerprint density at radius 3 is 2.88 bits per heavy atom. The standard InChI is InChI=1S/C19H26N4O3/c1-14-16(15(2)26-21-14)11-18(24)22(3)12-19(25)8-6-10-23(13-19)17-7-4-5-9-20-17/h4-5,7,9,25H,6,8,10-13H2,1-3H3. The largest absolute Gasteiger partial charge is 0.386 e. The van der Waals surface area contributed by atoms with Crippen molar-refractivity contribution in [1.82, 2.24) is 15.0 Å². The smallest absolute Gasteiger partial charge is 0.227 e. The van der Waals surface area contributed by atoms with Gasteiger partial charge in [0.1, 0.15) is 11.6 Å². The summed E-state index contributed by atoms with van der Waals surface area (Å²) in [6.07, 6.45) is 3.51. The molecule has 3 heterocycles. The van der Waals surface area contributed by atoms with E-state index in [4.69, 9.17) is 4.52 Å². The molecule has 26 heavy (non-hydrogen) atoms. The third-order valence-corrected chi connectivity index (χ3v) is 5.00. The van der Waals surface area contributed by atoms with Gasteiger partial charge in [0.2, 0.25) is 5.91 Å². The van der Waals surface area contributed by atoms with E-state index in [9.17, 15) is 9.90 Å². The van der Waals surface area contributed by atoms with Crippen LogP contribution in [0, 0.1) is 13.8 Å². The van der Waals surface area contributed by atoms with E-state index in [2.05, 4.69) is 15.0 Å². The van der Waals surface area contributed by atoms with Gasteiger partial charge in [0.15, 0.2) is 0 Å². The van der Waals surface area contributed by atoms with Gasteiger partial charge >= 0.3 is 0 Å². The van der Waals surface area contributed by atoms with Crippen molar-refractivity contribution in [2.75, 3.05) is 31.6 Å². The molecule has 1 aliphatic rings. The van der Waals surface area contributed by atoms with Crippen molar-refractivity contribution in [2.45, 2.75) is 38.7 Å². The lowest BCUT2D eigenvalue weighted by atomic mass is 9.92. The second-order valence-electron chi connectivity index (χ2n) is 7.17. The SMILES string of the molecule is Cc1noc(C)c1CC(=O)N(C)CC1(O)CCCN(c2ccccn2)C1. The molecule has 1 saturated heterocycles. The molecule has 140 valence electrons. The highest BCUT2D eigenvalue weighted by atomic mass is 16.5. The number of hydrogen-bond acceptors (Lipinski definition) is 6. The highest BCUT2D eigenvalue weighted by Crippen LogP contribution is 2.26. The molecule has 1 unspecified atom stereocenters. The molecule has 1 N–H and O–H groups in total. The highest BCUT2D eigenvalue weighted by molar-refractivity contribution is 5.79. The van der Waals surface area contributed by atoms with Crippen molar-refractivity contribution in [2.24, 2.45) is 0 Å². The minimum absolute atomic E-state index is 0.0530. The molecule has 0 aromatic carbocycles. The Morgan fingerprint density at radius 1 is 1.42 bits per heavy atom. The fourth-order valence-electron chi connectivity index (χ4n) is 3.55. The minimum atomic E-state index is -0.946. The number of likely N-dealkylation sites (N-methyl/N-ethyl adjacent to an activating group) is 1. The van der Waals surface area contributed by atoms with Gasteiger partial charge in [-0.05, 0) is 38.8 Å². The molecule has 1 fully saturated rings. The van der Waals surface area contributed by atoms with Crippen molar-refractivity contribution in [1.29, 1.82) is 0 Å². The Kier molecular flexibility index (Phi) is 5.27. The predicted molar refractivity (Wildman–Crippen MR) is 98.0 cm³/mol. The van der Waals surface area contributed by atoms with Crippen LogP contribution in [0.4, 0.5) is 5.82 Å². The summed E-state index contributed by atoms with van der Waals surface area (Å²) < 4.78 is 5.13. The van der Waals surface area contributed by atoms with Crippen LogP contribution in [-0.2, 0) is 11.2 Å². The topological polar surface area (TPSA) is 82.7 Å². The number of anilines is 1. The fourth-order valence-corrected chi connectivity index (χ4v) is 3.55. The summed E-state index contributed by atoms with van der Waals surface area (Å²) in [6, 6.07) is 5.76. The van der Waals surface area contributed by atoms with E-state index < -0.39 is 5.60 Å². The number of hydrogen-bond donors (Lipinski definition) is 1. The zero-order chi connectivity index (χ0) is 18.7. The van der Waals surface area contributed by atoms with E-state index in [1.54, 1.807) is 18.1 Å². The number of piperidine rings is 1. The van der Waals surface area contributed by atoms with E-state index in [0.29, 0.717) is 25.3 Å². The quantitative estimate of drug-likeness (QED) is 0.876. The molecule has 1 atom stereocenters. The number of carbonyl (C=O) groups is 1. The third kappa shape index (κ3) is 4.04. The predicted octanol–water partition coefficient (Wildman–Crippen LogP) is 1.72. The van der Waals surface area contributed by atoms with Crippen LogP contribution in [0.1, 0.15) is 29.9 Å². The number of carbonyl (C=O) groups excluding carboxylic acids is 1. The molecule has 1 amide bonds. The Bertz CT molecular complexity index is 742. The Labute approximate surface area is 153 Å². The Morgan fingerprint density at radius 2 is 2.23 bits per heavy atom. The van der Waals surface area contributed by atoms with Gasteiger partial charge in [0, 0.05) is 31.9 Å². The summed E-state index contributed by atoms with van der Waals surface area (Å²) >= 11 is 0. The Balaban J connectivity index is 1.64. The number of β-amino-alcohol motifs (C(OH)–C–C–N with tert-alkyl or cyclic N) is 1. The molecule has 0 radical (unpaired) electrons. The fraction of sp³-hybridized carbons (Fsp3) is 0.526. The number of rotatable bonds is 5. The molecule has 2 aromatic rings. The Hall–Kier alpha value is -2.41. The summed E-state index contributed by atoms with van der Waals surface area (Å²) in [5.41, 5.74) is 0.619. The lowest BCUT2D eigenvalue weighted by Gasteiger charge is -2.41. The summed E-state index contributed by atoms with van der Waals surface area (Å²) in [6.45, 7) is 5.25. The van der Waals surface area contributed by atoms with Gasteiger partial charge in [0.25, 0.3) is 0 Å². The first-order valence-electron chi connectivity index (χ1n) is 8.92. The molecule has 2 aromatic heterocycles. The van der Waals surface area contributed by atoms with Gasteiger partial charge in [-0.2, -0.15) is 0 Å². The van der Waals surface area contributed by atoms with Crippen LogP contribution in [0.25, 0.3) is 0 Å². The van der Waals surface area contributed by atoms with Gasteiger partial charge in [-0.15, -0.1) is 0 Å². The molecule has 7 nitrogen and oxygen atoms in total. The van der Waals surface area contributed by atoms with Crippen molar-refractivity contribution < 1.29 is 14.4 Å². The molecule has 1 aliphatic heterocycles. The van der Waals surface area contributed by atoms with Crippen molar-refractivity contribution in [3.8, 4) is 0 Å². The van der Waals surface area contributed by atoms with Gasteiger partial charge in [-0.3, -0.25) is 4.79 Å². The maximum Gasteiger partial charge on any atom is 0.227 e. The average Bonchev–Trinajstić information content (AvgIpc) is 2.94. The van der Waals surface area contributed by atoms with Crippen LogP contribution in [0.5, 0.6) is 0 Å². The summed E-state index contributed by atoms with van der Waals surface area (Å²) in [4.78, 5) is 20.7. The first kappa shape index (κ1) is 18.4. The zero-order valence-corrected chi connectivity index (χ0v) is 15.6. The van der Waals surface area contributed by atoms with Crippen LogP contribution in [0.15, 0.2) is 28.9 Å². The zero-order valence-electron chi connectivity index (χ0n) is 15.6. The monoisotopic (exact) mass is 358 g/mol. The average molecular weight is 358 g/mol. The second-order valence-corrected chi connectivity index (χ2v) is 7.17. The normalized spacial score (nSPS) is 20.2. The van der Waals surface area contributed by atoms with Crippen LogP contribution in [0.2, 0.25) is 0 Å². The molecule has 3 rings (SSSR count).